The smallest absolute Gasteiger partial charge is 0.191 e. The molecule has 0 unspecified atom stereocenters. The van der Waals surface area contributed by atoms with Gasteiger partial charge in [0.1, 0.15) is 0 Å². The highest BCUT2D eigenvalue weighted by Gasteiger charge is 2.00. The second-order valence-corrected chi connectivity index (χ2v) is 4.81. The van der Waals surface area contributed by atoms with Crippen LogP contribution in [0.5, 0.6) is 0 Å². The molecule has 0 saturated heterocycles. The predicted molar refractivity (Wildman–Crippen MR) is 90.3 cm³/mol. The normalized spacial score (nSPS) is 9.50. The van der Waals surface area contributed by atoms with Gasteiger partial charge >= 0.3 is 0 Å². The Morgan fingerprint density at radius 1 is 1.28 bits per heavy atom. The highest BCUT2D eigenvalue weighted by Crippen LogP contribution is 2.13. The summed E-state index contributed by atoms with van der Waals surface area (Å²) in [5.74, 6) is 0.891. The monoisotopic (exact) mass is 382 g/mol. The molecule has 6 heteroatoms. The minimum atomic E-state index is 0. The summed E-state index contributed by atoms with van der Waals surface area (Å²) in [5, 5.41) is 7.59. The number of aryl methyl sites for hydroxylation is 1. The number of halogens is 1. The molecule has 0 amide bonds. The summed E-state index contributed by atoms with van der Waals surface area (Å²) in [7, 11) is 0. The number of aliphatic imine (C=N–C) groups is 1. The second-order valence-electron chi connectivity index (χ2n) is 3.61. The van der Waals surface area contributed by atoms with Crippen molar-refractivity contribution in [3.8, 4) is 0 Å². The molecule has 0 radical (unpaired) electrons. The molecule has 2 N–H and O–H groups in total. The summed E-state index contributed by atoms with van der Waals surface area (Å²) in [4.78, 5) is 10.2. The van der Waals surface area contributed by atoms with Crippen LogP contribution in [0.3, 0.4) is 0 Å². The van der Waals surface area contributed by atoms with Gasteiger partial charge in [0.15, 0.2) is 5.96 Å². The zero-order valence-electron chi connectivity index (χ0n) is 11.3. The van der Waals surface area contributed by atoms with Gasteiger partial charge in [0.25, 0.3) is 0 Å². The van der Waals surface area contributed by atoms with Crippen LogP contribution in [0.2, 0.25) is 0 Å². The van der Waals surface area contributed by atoms with Crippen molar-refractivity contribution in [3.63, 3.8) is 0 Å². The van der Waals surface area contributed by atoms with Crippen LogP contribution in [-0.4, -0.2) is 30.6 Å². The van der Waals surface area contributed by atoms with E-state index in [4.69, 9.17) is 0 Å². The lowest BCUT2D eigenvalue weighted by atomic mass is 10.4. The van der Waals surface area contributed by atoms with Crippen molar-refractivity contribution < 1.29 is 0 Å². The Hall–Kier alpha value is -0.370. The molecule has 0 aliphatic rings. The number of hydrogen-bond acceptors (Lipinski definition) is 3. The van der Waals surface area contributed by atoms with E-state index in [1.165, 1.54) is 9.88 Å². The van der Waals surface area contributed by atoms with Crippen LogP contribution in [0.15, 0.2) is 11.2 Å². The molecule has 0 atom stereocenters. The fourth-order valence-electron chi connectivity index (χ4n) is 1.40. The van der Waals surface area contributed by atoms with Gasteiger partial charge in [-0.15, -0.1) is 35.3 Å². The van der Waals surface area contributed by atoms with Crippen LogP contribution in [0.4, 0.5) is 0 Å². The fourth-order valence-corrected chi connectivity index (χ4v) is 2.25. The highest BCUT2D eigenvalue weighted by atomic mass is 127. The topological polar surface area (TPSA) is 49.3 Å². The lowest BCUT2D eigenvalue weighted by Gasteiger charge is -2.08. The molecule has 0 aliphatic heterocycles. The maximum atomic E-state index is 4.49. The number of guanidine groups is 1. The molecule has 0 aromatic carbocycles. The van der Waals surface area contributed by atoms with Gasteiger partial charge in [0.2, 0.25) is 0 Å². The number of hydrogen-bond donors (Lipinski definition) is 2. The van der Waals surface area contributed by atoms with Crippen LogP contribution in [0.25, 0.3) is 0 Å². The van der Waals surface area contributed by atoms with Crippen LogP contribution < -0.4 is 10.6 Å². The maximum Gasteiger partial charge on any atom is 0.191 e. The van der Waals surface area contributed by atoms with E-state index in [2.05, 4.69) is 41.4 Å². The van der Waals surface area contributed by atoms with Crippen LogP contribution in [-0.2, 0) is 12.8 Å². The first-order valence-electron chi connectivity index (χ1n) is 6.25. The molecule has 18 heavy (non-hydrogen) atoms. The molecule has 1 rings (SSSR count). The van der Waals surface area contributed by atoms with Crippen molar-refractivity contribution in [1.82, 2.24) is 15.6 Å². The maximum absolute atomic E-state index is 4.49. The molecule has 4 nitrogen and oxygen atoms in total. The number of thiazole rings is 1. The third-order valence-corrected chi connectivity index (χ3v) is 3.44. The lowest BCUT2D eigenvalue weighted by Crippen LogP contribution is -2.37. The Bertz CT molecular complexity index is 344. The van der Waals surface area contributed by atoms with Gasteiger partial charge in [-0.3, -0.25) is 4.99 Å². The van der Waals surface area contributed by atoms with Gasteiger partial charge in [0, 0.05) is 37.1 Å². The zero-order valence-corrected chi connectivity index (χ0v) is 14.5. The van der Waals surface area contributed by atoms with E-state index in [1.54, 1.807) is 11.3 Å². The summed E-state index contributed by atoms with van der Waals surface area (Å²) < 4.78 is 0. The summed E-state index contributed by atoms with van der Waals surface area (Å²) in [6.07, 6.45) is 3.96. The van der Waals surface area contributed by atoms with Gasteiger partial charge in [-0.1, -0.05) is 6.92 Å². The number of rotatable bonds is 6. The van der Waals surface area contributed by atoms with Crippen LogP contribution in [0, 0.1) is 0 Å². The molecule has 0 spiro atoms. The average molecular weight is 382 g/mol. The third kappa shape index (κ3) is 6.53. The molecular weight excluding hydrogens is 359 g/mol. The van der Waals surface area contributed by atoms with Crippen molar-refractivity contribution in [3.05, 3.63) is 16.1 Å². The Morgan fingerprint density at radius 3 is 2.44 bits per heavy atom. The van der Waals surface area contributed by atoms with Crippen molar-refractivity contribution in [2.24, 2.45) is 4.99 Å². The van der Waals surface area contributed by atoms with E-state index in [-0.39, 0.29) is 24.0 Å². The predicted octanol–water partition coefficient (Wildman–Crippen LogP) is 2.44. The van der Waals surface area contributed by atoms with Crippen molar-refractivity contribution in [1.29, 1.82) is 0 Å². The average Bonchev–Trinajstić information content (AvgIpc) is 2.77. The van der Waals surface area contributed by atoms with Gasteiger partial charge in [0.05, 0.1) is 5.01 Å². The molecule has 0 saturated carbocycles. The molecule has 0 bridgehead atoms. The Morgan fingerprint density at radius 2 is 1.94 bits per heavy atom. The second kappa shape index (κ2) is 10.5. The fraction of sp³-hybridized carbons (Fsp3) is 0.667. The molecule has 0 fully saturated rings. The third-order valence-electron chi connectivity index (χ3n) is 2.23. The Kier molecular flexibility index (Phi) is 10.3. The Labute approximate surface area is 131 Å². The van der Waals surface area contributed by atoms with Gasteiger partial charge < -0.3 is 10.6 Å². The van der Waals surface area contributed by atoms with Crippen molar-refractivity contribution in [2.75, 3.05) is 19.6 Å². The molecular formula is C12H23IN4S. The van der Waals surface area contributed by atoms with E-state index in [1.807, 2.05) is 6.20 Å². The minimum absolute atomic E-state index is 0. The molecule has 1 heterocycles. The van der Waals surface area contributed by atoms with E-state index >= 15 is 0 Å². The number of aromatic nitrogens is 1. The van der Waals surface area contributed by atoms with Crippen molar-refractivity contribution in [2.45, 2.75) is 33.6 Å². The summed E-state index contributed by atoms with van der Waals surface area (Å²) in [6.45, 7) is 8.87. The summed E-state index contributed by atoms with van der Waals surface area (Å²) in [5.41, 5.74) is 0. The van der Waals surface area contributed by atoms with Gasteiger partial charge in [-0.05, 0) is 20.3 Å². The van der Waals surface area contributed by atoms with E-state index in [9.17, 15) is 0 Å². The zero-order chi connectivity index (χ0) is 12.5. The number of nitrogens with one attached hydrogen (secondary N) is 2. The molecule has 0 aliphatic carbocycles. The first kappa shape index (κ1) is 17.6. The molecule has 104 valence electrons. The largest absolute Gasteiger partial charge is 0.357 e. The SMILES string of the molecule is CCNC(=NCCc1ncc(CC)s1)NCC.I. The summed E-state index contributed by atoms with van der Waals surface area (Å²) >= 11 is 1.79. The highest BCUT2D eigenvalue weighted by molar-refractivity contribution is 14.0. The van der Waals surface area contributed by atoms with E-state index < -0.39 is 0 Å². The Balaban J connectivity index is 0.00000289. The van der Waals surface area contributed by atoms with Crippen molar-refractivity contribution >= 4 is 41.3 Å². The number of nitrogens with zero attached hydrogens (tertiary/aromatic N) is 2. The van der Waals surface area contributed by atoms with Crippen LogP contribution >= 0.6 is 35.3 Å². The lowest BCUT2D eigenvalue weighted by molar-refractivity contribution is 0.832. The molecule has 1 aromatic heterocycles. The first-order chi connectivity index (χ1) is 8.30. The molecule has 1 aromatic rings. The summed E-state index contributed by atoms with van der Waals surface area (Å²) in [6, 6.07) is 0. The standard InChI is InChI=1S/C12H22N4S.HI/c1-4-10-9-16-11(17-10)7-8-15-12(13-5-2)14-6-3;/h9H,4-8H2,1-3H3,(H2,13,14,15);1H. The first-order valence-corrected chi connectivity index (χ1v) is 7.07. The minimum Gasteiger partial charge on any atom is -0.357 e. The van der Waals surface area contributed by atoms with Gasteiger partial charge in [-0.25, -0.2) is 4.98 Å². The van der Waals surface area contributed by atoms with E-state index in [0.717, 1.165) is 38.4 Å². The van der Waals surface area contributed by atoms with E-state index in [0.29, 0.717) is 0 Å². The van der Waals surface area contributed by atoms with Crippen LogP contribution in [0.1, 0.15) is 30.7 Å². The van der Waals surface area contributed by atoms with Gasteiger partial charge in [-0.2, -0.15) is 0 Å². The quantitative estimate of drug-likeness (QED) is 0.452.